The van der Waals surface area contributed by atoms with Crippen LogP contribution in [0, 0.1) is 5.92 Å². The molecule has 2 heterocycles. The maximum atomic E-state index is 12.1. The third-order valence-electron chi connectivity index (χ3n) is 4.13. The molecule has 6 heteroatoms. The molecule has 4 rings (SSSR count). The first-order valence-electron chi connectivity index (χ1n) is 7.51. The van der Waals surface area contributed by atoms with Gasteiger partial charge in [0.2, 0.25) is 0 Å². The van der Waals surface area contributed by atoms with E-state index in [0.717, 1.165) is 12.2 Å². The number of para-hydroxylation sites is 1. The summed E-state index contributed by atoms with van der Waals surface area (Å²) in [5.74, 6) is 1.61. The van der Waals surface area contributed by atoms with Gasteiger partial charge in [0, 0.05) is 18.0 Å². The van der Waals surface area contributed by atoms with Crippen molar-refractivity contribution in [2.24, 2.45) is 10.9 Å². The number of nitrogens with one attached hydrogen (secondary N) is 1. The fourth-order valence-corrected chi connectivity index (χ4v) is 4.23. The standard InChI is InChI=1S/C17H16N2O3S/c20-23(21)16-8-4-2-6-14(16)17(19-23)18-10-12-9-13-5-1-3-7-15(13)22-11-12/h1-8,12H,9-11H2,(H,18,19)/t12-/m1/s1. The number of sulfonamides is 1. The monoisotopic (exact) mass is 328 g/mol. The molecule has 1 N–H and O–H groups in total. The Bertz CT molecular complexity index is 890. The zero-order chi connectivity index (χ0) is 15.9. The Labute approximate surface area is 135 Å². The molecule has 5 nitrogen and oxygen atoms in total. The van der Waals surface area contributed by atoms with Crippen LogP contribution in [0.25, 0.3) is 0 Å². The van der Waals surface area contributed by atoms with Crippen molar-refractivity contribution < 1.29 is 13.2 Å². The Morgan fingerprint density at radius 3 is 2.83 bits per heavy atom. The lowest BCUT2D eigenvalue weighted by Crippen LogP contribution is -2.26. The number of hydrogen-bond donors (Lipinski definition) is 1. The molecule has 2 aliphatic rings. The van der Waals surface area contributed by atoms with Crippen LogP contribution in [0.4, 0.5) is 0 Å². The summed E-state index contributed by atoms with van der Waals surface area (Å²) in [7, 11) is -3.47. The van der Waals surface area contributed by atoms with Crippen molar-refractivity contribution in [3.05, 3.63) is 59.7 Å². The minimum absolute atomic E-state index is 0.245. The highest BCUT2D eigenvalue weighted by Gasteiger charge is 2.30. The molecule has 0 spiro atoms. The molecule has 0 radical (unpaired) electrons. The molecule has 23 heavy (non-hydrogen) atoms. The minimum atomic E-state index is -3.47. The molecular weight excluding hydrogens is 312 g/mol. The van der Waals surface area contributed by atoms with Gasteiger partial charge < -0.3 is 4.74 Å². The predicted molar refractivity (Wildman–Crippen MR) is 87.3 cm³/mol. The maximum Gasteiger partial charge on any atom is 0.263 e. The second kappa shape index (κ2) is 5.38. The van der Waals surface area contributed by atoms with Crippen LogP contribution in [0.3, 0.4) is 0 Å². The highest BCUT2D eigenvalue weighted by Crippen LogP contribution is 2.27. The summed E-state index contributed by atoms with van der Waals surface area (Å²) < 4.78 is 32.4. The zero-order valence-corrected chi connectivity index (χ0v) is 13.2. The van der Waals surface area contributed by atoms with Crippen molar-refractivity contribution in [3.8, 4) is 5.75 Å². The number of amidine groups is 1. The average Bonchev–Trinajstić information content (AvgIpc) is 2.84. The second-order valence-corrected chi connectivity index (χ2v) is 7.43. The van der Waals surface area contributed by atoms with Crippen molar-refractivity contribution in [1.82, 2.24) is 4.72 Å². The van der Waals surface area contributed by atoms with Gasteiger partial charge in [0.25, 0.3) is 10.0 Å². The van der Waals surface area contributed by atoms with Gasteiger partial charge in [-0.1, -0.05) is 30.3 Å². The molecule has 2 aromatic rings. The van der Waals surface area contributed by atoms with Crippen molar-refractivity contribution in [1.29, 1.82) is 0 Å². The number of ether oxygens (including phenoxy) is 1. The van der Waals surface area contributed by atoms with Crippen molar-refractivity contribution >= 4 is 15.9 Å². The topological polar surface area (TPSA) is 67.8 Å². The molecule has 0 amide bonds. The summed E-state index contributed by atoms with van der Waals surface area (Å²) in [4.78, 5) is 4.80. The first-order chi connectivity index (χ1) is 11.1. The highest BCUT2D eigenvalue weighted by atomic mass is 32.2. The van der Waals surface area contributed by atoms with Gasteiger partial charge in [0.15, 0.2) is 0 Å². The van der Waals surface area contributed by atoms with E-state index in [-0.39, 0.29) is 5.92 Å². The lowest BCUT2D eigenvalue weighted by Gasteiger charge is -2.24. The number of nitrogens with zero attached hydrogens (tertiary/aromatic N) is 1. The predicted octanol–water partition coefficient (Wildman–Crippen LogP) is 1.98. The van der Waals surface area contributed by atoms with Gasteiger partial charge in [0.05, 0.1) is 11.5 Å². The first kappa shape index (κ1) is 14.3. The number of rotatable bonds is 2. The van der Waals surface area contributed by atoms with Crippen molar-refractivity contribution in [3.63, 3.8) is 0 Å². The van der Waals surface area contributed by atoms with Crippen LogP contribution in [0.1, 0.15) is 11.1 Å². The molecule has 1 atom stereocenters. The summed E-state index contributed by atoms with van der Waals surface area (Å²) in [6.45, 7) is 1.13. The third kappa shape index (κ3) is 2.59. The number of fused-ring (bicyclic) bond motifs is 2. The van der Waals surface area contributed by atoms with Gasteiger partial charge in [-0.25, -0.2) is 8.42 Å². The van der Waals surface area contributed by atoms with Gasteiger partial charge in [-0.2, -0.15) is 0 Å². The van der Waals surface area contributed by atoms with E-state index in [0.29, 0.717) is 29.4 Å². The Hall–Kier alpha value is -2.34. The van der Waals surface area contributed by atoms with Crippen LogP contribution in [0.5, 0.6) is 5.75 Å². The van der Waals surface area contributed by atoms with E-state index in [1.54, 1.807) is 18.2 Å². The summed E-state index contributed by atoms with van der Waals surface area (Å²) in [5.41, 5.74) is 1.82. The number of aliphatic imine (C=N–C) groups is 1. The Morgan fingerprint density at radius 1 is 1.13 bits per heavy atom. The Morgan fingerprint density at radius 2 is 1.91 bits per heavy atom. The van der Waals surface area contributed by atoms with Gasteiger partial charge in [-0.15, -0.1) is 0 Å². The van der Waals surface area contributed by atoms with E-state index in [4.69, 9.17) is 4.74 Å². The van der Waals surface area contributed by atoms with E-state index in [1.807, 2.05) is 24.3 Å². The molecule has 0 fully saturated rings. The highest BCUT2D eigenvalue weighted by molar-refractivity contribution is 7.90. The minimum Gasteiger partial charge on any atom is -0.493 e. The largest absolute Gasteiger partial charge is 0.493 e. The number of benzene rings is 2. The fraction of sp³-hybridized carbons (Fsp3) is 0.235. The van der Waals surface area contributed by atoms with E-state index in [9.17, 15) is 8.42 Å². The summed E-state index contributed by atoms with van der Waals surface area (Å²) in [6.07, 6.45) is 0.890. The third-order valence-corrected chi connectivity index (χ3v) is 5.52. The molecule has 0 saturated heterocycles. The number of hydrogen-bond acceptors (Lipinski definition) is 4. The smallest absolute Gasteiger partial charge is 0.263 e. The van der Waals surface area contributed by atoms with Crippen molar-refractivity contribution in [2.45, 2.75) is 11.3 Å². The van der Waals surface area contributed by atoms with Gasteiger partial charge >= 0.3 is 0 Å². The SMILES string of the molecule is O=S1(=O)NC(=NC[C@@H]2COc3ccccc3C2)c2ccccc21. The first-order valence-corrected chi connectivity index (χ1v) is 8.99. The van der Waals surface area contributed by atoms with Crippen LogP contribution in [0.15, 0.2) is 58.4 Å². The molecule has 0 bridgehead atoms. The summed E-state index contributed by atoms with van der Waals surface area (Å²) in [6, 6.07) is 14.9. The van der Waals surface area contributed by atoms with E-state index < -0.39 is 10.0 Å². The van der Waals surface area contributed by atoms with Crippen LogP contribution in [0.2, 0.25) is 0 Å². The Balaban J connectivity index is 1.55. The van der Waals surface area contributed by atoms with E-state index in [1.165, 1.54) is 5.56 Å². The molecule has 2 aromatic carbocycles. The van der Waals surface area contributed by atoms with Gasteiger partial charge in [0.1, 0.15) is 11.6 Å². The quantitative estimate of drug-likeness (QED) is 0.916. The summed E-state index contributed by atoms with van der Waals surface area (Å²) >= 11 is 0. The zero-order valence-electron chi connectivity index (χ0n) is 12.4. The van der Waals surface area contributed by atoms with E-state index in [2.05, 4.69) is 15.8 Å². The molecule has 0 saturated carbocycles. The maximum absolute atomic E-state index is 12.1. The van der Waals surface area contributed by atoms with Crippen molar-refractivity contribution in [2.75, 3.05) is 13.2 Å². The van der Waals surface area contributed by atoms with Crippen LogP contribution in [-0.4, -0.2) is 27.4 Å². The Kier molecular flexibility index (Phi) is 3.34. The second-order valence-electron chi connectivity index (χ2n) is 5.78. The summed E-state index contributed by atoms with van der Waals surface area (Å²) in [5, 5.41) is 0. The van der Waals surface area contributed by atoms with Gasteiger partial charge in [-0.05, 0) is 30.2 Å². The van der Waals surface area contributed by atoms with Gasteiger partial charge in [-0.3, -0.25) is 9.71 Å². The van der Waals surface area contributed by atoms with Crippen LogP contribution >= 0.6 is 0 Å². The molecule has 2 aliphatic heterocycles. The molecule has 0 aliphatic carbocycles. The normalized spacial score (nSPS) is 22.8. The lowest BCUT2D eigenvalue weighted by atomic mass is 9.97. The lowest BCUT2D eigenvalue weighted by molar-refractivity contribution is 0.227. The molecule has 0 aromatic heterocycles. The van der Waals surface area contributed by atoms with Crippen LogP contribution in [-0.2, 0) is 16.4 Å². The molecule has 0 unspecified atom stereocenters. The molecular formula is C17H16N2O3S. The van der Waals surface area contributed by atoms with Crippen LogP contribution < -0.4 is 9.46 Å². The fourth-order valence-electron chi connectivity index (χ4n) is 2.98. The average molecular weight is 328 g/mol. The molecule has 118 valence electrons. The van der Waals surface area contributed by atoms with E-state index >= 15 is 0 Å².